The van der Waals surface area contributed by atoms with Gasteiger partial charge >= 0.3 is 6.09 Å². The molecule has 0 radical (unpaired) electrons. The van der Waals surface area contributed by atoms with Crippen LogP contribution in [0.3, 0.4) is 0 Å². The number of carbonyl (C=O) groups excluding carboxylic acids is 1. The number of rotatable bonds is 11. The summed E-state index contributed by atoms with van der Waals surface area (Å²) in [5.41, 5.74) is 7.29. The van der Waals surface area contributed by atoms with E-state index in [0.717, 1.165) is 108 Å². The average Bonchev–Trinajstić information content (AvgIpc) is 3.64. The fraction of sp³-hybridized carbons (Fsp3) is 0.639. The number of hydrogen-bond donors (Lipinski definition) is 2. The minimum Gasteiger partial charge on any atom is -0.446 e. The van der Waals surface area contributed by atoms with Gasteiger partial charge in [-0.2, -0.15) is 0 Å². The standard InChI is InChI=1S/C36H49FN4O4S/c37-27-5-1-4-26(22-27)36(24-40-18-3-19-40,33-6-2-7-34(33)45-35(38)42)25-16-20-41(21-17-25)30-11-8-29(23-30)39-28-9-12-31(13-10-28)46(43,44)32-14-15-32/h1,4-5,9-10,12-13,22,25,29-30,32-34,39H,2-3,6-8,11,14-21,23-24H2,(H2,38,42)/t29-,30?,33-,34-,36-/m0/s1. The molecule has 46 heavy (non-hydrogen) atoms. The number of hydrogen-bond acceptors (Lipinski definition) is 7. The van der Waals surface area contributed by atoms with Gasteiger partial charge in [0.2, 0.25) is 0 Å². The summed E-state index contributed by atoms with van der Waals surface area (Å²) in [5.74, 6) is 0.232. The van der Waals surface area contributed by atoms with E-state index >= 15 is 0 Å². The van der Waals surface area contributed by atoms with Crippen molar-refractivity contribution in [2.45, 2.75) is 104 Å². The Kier molecular flexibility index (Phi) is 9.06. The van der Waals surface area contributed by atoms with Crippen LogP contribution in [0.15, 0.2) is 53.4 Å². The number of primary amides is 1. The molecule has 2 saturated heterocycles. The van der Waals surface area contributed by atoms with Gasteiger partial charge in [0.05, 0.1) is 10.1 Å². The molecule has 0 aromatic heterocycles. The van der Waals surface area contributed by atoms with E-state index in [1.165, 1.54) is 12.5 Å². The summed E-state index contributed by atoms with van der Waals surface area (Å²) < 4.78 is 45.8. The Labute approximate surface area is 273 Å². The van der Waals surface area contributed by atoms with Crippen LogP contribution in [0.5, 0.6) is 0 Å². The molecule has 2 aromatic rings. The second kappa shape index (κ2) is 13.1. The first kappa shape index (κ1) is 31.9. The lowest BCUT2D eigenvalue weighted by Crippen LogP contribution is -2.58. The van der Waals surface area contributed by atoms with E-state index in [4.69, 9.17) is 10.5 Å². The van der Waals surface area contributed by atoms with Gasteiger partial charge < -0.3 is 25.6 Å². The molecule has 5 atom stereocenters. The highest BCUT2D eigenvalue weighted by Crippen LogP contribution is 2.52. The van der Waals surface area contributed by atoms with Gasteiger partial charge in [0, 0.05) is 35.6 Å². The lowest BCUT2D eigenvalue weighted by Gasteiger charge is -2.53. The third-order valence-electron chi connectivity index (χ3n) is 11.9. The maximum absolute atomic E-state index is 14.9. The minimum absolute atomic E-state index is 0.102. The van der Waals surface area contributed by atoms with Crippen LogP contribution in [0.4, 0.5) is 14.9 Å². The zero-order valence-corrected chi connectivity index (χ0v) is 27.6. The number of sulfone groups is 1. The molecule has 3 N–H and O–H groups in total. The number of amides is 1. The van der Waals surface area contributed by atoms with Crippen LogP contribution in [-0.2, 0) is 20.0 Å². The molecule has 5 fully saturated rings. The normalized spacial score (nSPS) is 29.2. The van der Waals surface area contributed by atoms with Crippen LogP contribution in [0.25, 0.3) is 0 Å². The molecule has 0 bridgehead atoms. The van der Waals surface area contributed by atoms with E-state index < -0.39 is 15.9 Å². The molecule has 2 aliphatic heterocycles. The number of anilines is 1. The second-order valence-corrected chi connectivity index (χ2v) is 16.8. The Morgan fingerprint density at radius 2 is 1.70 bits per heavy atom. The number of carbonyl (C=O) groups is 1. The van der Waals surface area contributed by atoms with Gasteiger partial charge in [0.1, 0.15) is 11.9 Å². The maximum Gasteiger partial charge on any atom is 0.404 e. The highest BCUT2D eigenvalue weighted by atomic mass is 32.2. The molecule has 1 amide bonds. The largest absolute Gasteiger partial charge is 0.446 e. The number of piperidine rings is 1. The van der Waals surface area contributed by atoms with Crippen LogP contribution >= 0.6 is 0 Å². The van der Waals surface area contributed by atoms with Gasteiger partial charge in [-0.1, -0.05) is 12.1 Å². The Balaban J connectivity index is 1.04. The molecule has 0 spiro atoms. The molecule has 5 aliphatic rings. The van der Waals surface area contributed by atoms with Gasteiger partial charge in [-0.15, -0.1) is 0 Å². The summed E-state index contributed by atoms with van der Waals surface area (Å²) in [5, 5.41) is 3.48. The van der Waals surface area contributed by atoms with Crippen LogP contribution in [-0.4, -0.2) is 80.5 Å². The van der Waals surface area contributed by atoms with Crippen LogP contribution in [0, 0.1) is 17.7 Å². The van der Waals surface area contributed by atoms with Crippen LogP contribution in [0.2, 0.25) is 0 Å². The smallest absolute Gasteiger partial charge is 0.404 e. The summed E-state index contributed by atoms with van der Waals surface area (Å²) in [4.78, 5) is 17.6. The first-order valence-electron chi connectivity index (χ1n) is 17.5. The Morgan fingerprint density at radius 3 is 2.35 bits per heavy atom. The van der Waals surface area contributed by atoms with Crippen molar-refractivity contribution >= 4 is 21.6 Å². The van der Waals surface area contributed by atoms with E-state index in [0.29, 0.717) is 22.9 Å². The van der Waals surface area contributed by atoms with Crippen molar-refractivity contribution in [3.8, 4) is 0 Å². The highest BCUT2D eigenvalue weighted by Gasteiger charge is 2.54. The summed E-state index contributed by atoms with van der Waals surface area (Å²) in [6.45, 7) is 4.97. The average molecular weight is 653 g/mol. The minimum atomic E-state index is -3.17. The molecule has 3 aliphatic carbocycles. The van der Waals surface area contributed by atoms with Crippen LogP contribution in [0.1, 0.15) is 76.2 Å². The predicted octanol–water partition coefficient (Wildman–Crippen LogP) is 5.71. The van der Waals surface area contributed by atoms with E-state index in [1.807, 2.05) is 18.2 Å². The monoisotopic (exact) mass is 652 g/mol. The van der Waals surface area contributed by atoms with Gasteiger partial charge in [0.15, 0.2) is 9.84 Å². The number of nitrogens with two attached hydrogens (primary N) is 1. The molecule has 2 aromatic carbocycles. The number of nitrogens with zero attached hydrogens (tertiary/aromatic N) is 2. The van der Waals surface area contributed by atoms with Gasteiger partial charge in [-0.05, 0) is 145 Å². The second-order valence-electron chi connectivity index (χ2n) is 14.6. The van der Waals surface area contributed by atoms with Gasteiger partial charge in [0.25, 0.3) is 0 Å². The molecule has 2 heterocycles. The summed E-state index contributed by atoms with van der Waals surface area (Å²) in [7, 11) is -3.17. The Morgan fingerprint density at radius 1 is 0.935 bits per heavy atom. The molecular formula is C36H49FN4O4S. The van der Waals surface area contributed by atoms with Crippen molar-refractivity contribution in [2.75, 3.05) is 38.0 Å². The highest BCUT2D eigenvalue weighted by molar-refractivity contribution is 7.92. The molecule has 250 valence electrons. The number of nitrogens with one attached hydrogen (secondary N) is 1. The SMILES string of the molecule is NC(=O)O[C@H]1CCC[C@@H]1[C@](CN1CCC1)(c1cccc(F)c1)C1CCN(C2CC[C@H](Nc3ccc(S(=O)(=O)C4CC4)cc3)C2)CC1. The lowest BCUT2D eigenvalue weighted by molar-refractivity contribution is -0.0167. The lowest BCUT2D eigenvalue weighted by atomic mass is 9.58. The van der Waals surface area contributed by atoms with E-state index in [1.54, 1.807) is 18.2 Å². The van der Waals surface area contributed by atoms with Crippen molar-refractivity contribution < 1.29 is 22.3 Å². The summed E-state index contributed by atoms with van der Waals surface area (Å²) in [6, 6.07) is 15.4. The zero-order valence-electron chi connectivity index (χ0n) is 26.8. The Hall–Kier alpha value is -2.69. The van der Waals surface area contributed by atoms with E-state index in [9.17, 15) is 17.6 Å². The number of likely N-dealkylation sites (tertiary alicyclic amines) is 2. The van der Waals surface area contributed by atoms with Crippen molar-refractivity contribution in [1.82, 2.24) is 9.80 Å². The van der Waals surface area contributed by atoms with Crippen molar-refractivity contribution in [1.29, 1.82) is 0 Å². The molecule has 8 nitrogen and oxygen atoms in total. The van der Waals surface area contributed by atoms with Gasteiger partial charge in [-0.25, -0.2) is 17.6 Å². The quantitative estimate of drug-likeness (QED) is 0.320. The predicted molar refractivity (Wildman–Crippen MR) is 177 cm³/mol. The van der Waals surface area contributed by atoms with E-state index in [2.05, 4.69) is 21.2 Å². The van der Waals surface area contributed by atoms with Gasteiger partial charge in [-0.3, -0.25) is 0 Å². The molecule has 3 saturated carbocycles. The summed E-state index contributed by atoms with van der Waals surface area (Å²) >= 11 is 0. The fourth-order valence-corrected chi connectivity index (χ4v) is 11.0. The molecule has 10 heteroatoms. The van der Waals surface area contributed by atoms with E-state index in [-0.39, 0.29) is 28.5 Å². The molecular weight excluding hydrogens is 603 g/mol. The van der Waals surface area contributed by atoms with Crippen molar-refractivity contribution in [2.24, 2.45) is 17.6 Å². The Bertz CT molecular complexity index is 1490. The molecule has 7 rings (SSSR count). The zero-order chi connectivity index (χ0) is 31.9. The third kappa shape index (κ3) is 6.41. The summed E-state index contributed by atoms with van der Waals surface area (Å²) in [6.07, 6.45) is 9.84. The maximum atomic E-state index is 14.9. The number of benzene rings is 2. The third-order valence-corrected chi connectivity index (χ3v) is 14.2. The number of ether oxygens (including phenoxy) is 1. The van der Waals surface area contributed by atoms with Crippen molar-refractivity contribution in [3.63, 3.8) is 0 Å². The first-order valence-corrected chi connectivity index (χ1v) is 19.1. The van der Waals surface area contributed by atoms with Crippen LogP contribution < -0.4 is 11.1 Å². The first-order chi connectivity index (χ1) is 22.2. The molecule has 1 unspecified atom stereocenters. The van der Waals surface area contributed by atoms with Crippen molar-refractivity contribution in [3.05, 3.63) is 59.9 Å². The fourth-order valence-electron chi connectivity index (χ4n) is 9.33. The number of halogens is 1. The topological polar surface area (TPSA) is 105 Å².